The highest BCUT2D eigenvalue weighted by Gasteiger charge is 2.31. The number of nitrogens with zero attached hydrogens (tertiary/aromatic N) is 1. The van der Waals surface area contributed by atoms with E-state index in [0.717, 1.165) is 11.3 Å². The average molecular weight is 367 g/mol. The third kappa shape index (κ3) is 3.81. The fourth-order valence-electron chi connectivity index (χ4n) is 3.25. The monoisotopic (exact) mass is 367 g/mol. The van der Waals surface area contributed by atoms with Gasteiger partial charge in [0.2, 0.25) is 5.91 Å². The number of carbonyl (C=O) groups is 2. The molecule has 7 heteroatoms. The Bertz CT molecular complexity index is 866. The molecule has 27 heavy (non-hydrogen) atoms. The maximum absolute atomic E-state index is 12.3. The van der Waals surface area contributed by atoms with Gasteiger partial charge in [0, 0.05) is 30.4 Å². The average Bonchev–Trinajstić information content (AvgIpc) is 3.02. The number of urea groups is 1. The normalized spacial score (nSPS) is 18.3. The fourth-order valence-corrected chi connectivity index (χ4v) is 3.25. The summed E-state index contributed by atoms with van der Waals surface area (Å²) in [4.78, 5) is 26.3. The van der Waals surface area contributed by atoms with E-state index in [-0.39, 0.29) is 24.4 Å². The molecule has 1 fully saturated rings. The van der Waals surface area contributed by atoms with E-state index < -0.39 is 0 Å². The number of hydrogen-bond acceptors (Lipinski definition) is 4. The molecule has 0 radical (unpaired) electrons. The van der Waals surface area contributed by atoms with Crippen molar-refractivity contribution in [2.45, 2.75) is 19.4 Å². The summed E-state index contributed by atoms with van der Waals surface area (Å²) in [5.74, 6) is 1.28. The van der Waals surface area contributed by atoms with Gasteiger partial charge in [-0.3, -0.25) is 4.79 Å². The zero-order valence-electron chi connectivity index (χ0n) is 15.0. The molecule has 3 amide bonds. The zero-order chi connectivity index (χ0) is 18.8. The highest BCUT2D eigenvalue weighted by Crippen LogP contribution is 2.32. The van der Waals surface area contributed by atoms with Crippen LogP contribution < -0.4 is 25.0 Å². The fraction of sp³-hybridized carbons (Fsp3) is 0.300. The number of rotatable bonds is 3. The zero-order valence-corrected chi connectivity index (χ0v) is 15.0. The Morgan fingerprint density at radius 3 is 2.59 bits per heavy atom. The molecular formula is C20H21N3O4. The van der Waals surface area contributed by atoms with Crippen LogP contribution in [0.1, 0.15) is 12.0 Å². The molecule has 140 valence electrons. The van der Waals surface area contributed by atoms with Gasteiger partial charge in [-0.2, -0.15) is 0 Å². The molecule has 0 unspecified atom stereocenters. The van der Waals surface area contributed by atoms with Crippen LogP contribution in [0.2, 0.25) is 0 Å². The lowest BCUT2D eigenvalue weighted by molar-refractivity contribution is -0.117. The van der Waals surface area contributed by atoms with Crippen molar-refractivity contribution >= 4 is 23.3 Å². The van der Waals surface area contributed by atoms with Crippen molar-refractivity contribution in [3.8, 4) is 11.5 Å². The second kappa shape index (κ2) is 7.19. The molecule has 4 rings (SSSR count). The van der Waals surface area contributed by atoms with Crippen LogP contribution in [0.5, 0.6) is 11.5 Å². The first-order chi connectivity index (χ1) is 13.1. The number of anilines is 2. The summed E-state index contributed by atoms with van der Waals surface area (Å²) >= 11 is 0. The van der Waals surface area contributed by atoms with Crippen molar-refractivity contribution < 1.29 is 19.1 Å². The molecule has 0 saturated carbocycles. The highest BCUT2D eigenvalue weighted by atomic mass is 16.6. The van der Waals surface area contributed by atoms with Crippen LogP contribution in [0.3, 0.4) is 0 Å². The summed E-state index contributed by atoms with van der Waals surface area (Å²) < 4.78 is 11.0. The number of aryl methyl sites for hydroxylation is 1. The largest absolute Gasteiger partial charge is 0.486 e. The van der Waals surface area contributed by atoms with Gasteiger partial charge in [-0.25, -0.2) is 4.79 Å². The van der Waals surface area contributed by atoms with Crippen molar-refractivity contribution in [3.63, 3.8) is 0 Å². The quantitative estimate of drug-likeness (QED) is 0.874. The SMILES string of the molecule is Cc1ccc(N2C[C@H](NC(=O)Nc3ccc4c(c3)OCCO4)CC2=O)cc1. The molecule has 0 spiro atoms. The van der Waals surface area contributed by atoms with E-state index in [1.54, 1.807) is 23.1 Å². The standard InChI is InChI=1S/C20H21N3O4/c1-13-2-5-16(6-3-13)23-12-15(11-19(23)24)22-20(25)21-14-4-7-17-18(10-14)27-9-8-26-17/h2-7,10,15H,8-9,11-12H2,1H3,(H2,21,22,25)/t15-/m1/s1. The van der Waals surface area contributed by atoms with Crippen LogP contribution in [-0.2, 0) is 4.79 Å². The minimum atomic E-state index is -0.352. The summed E-state index contributed by atoms with van der Waals surface area (Å²) in [5.41, 5.74) is 2.59. The van der Waals surface area contributed by atoms with Crippen LogP contribution >= 0.6 is 0 Å². The Balaban J connectivity index is 1.36. The highest BCUT2D eigenvalue weighted by molar-refractivity contribution is 5.97. The van der Waals surface area contributed by atoms with Crippen molar-refractivity contribution in [1.82, 2.24) is 5.32 Å². The Labute approximate surface area is 157 Å². The smallest absolute Gasteiger partial charge is 0.319 e. The van der Waals surface area contributed by atoms with Gasteiger partial charge in [0.25, 0.3) is 0 Å². The molecule has 0 aliphatic carbocycles. The summed E-state index contributed by atoms with van der Waals surface area (Å²) in [6, 6.07) is 12.4. The van der Waals surface area contributed by atoms with Gasteiger partial charge in [0.15, 0.2) is 11.5 Å². The second-order valence-corrected chi connectivity index (χ2v) is 6.70. The van der Waals surface area contributed by atoms with Crippen molar-refractivity contribution in [3.05, 3.63) is 48.0 Å². The molecule has 2 aliphatic rings. The molecule has 1 atom stereocenters. The van der Waals surface area contributed by atoms with E-state index >= 15 is 0 Å². The molecule has 0 aromatic heterocycles. The lowest BCUT2D eigenvalue weighted by Gasteiger charge is -2.19. The first-order valence-corrected chi connectivity index (χ1v) is 8.93. The molecule has 2 aromatic rings. The van der Waals surface area contributed by atoms with Crippen LogP contribution in [0.25, 0.3) is 0 Å². The summed E-state index contributed by atoms with van der Waals surface area (Å²) in [7, 11) is 0. The van der Waals surface area contributed by atoms with E-state index in [9.17, 15) is 9.59 Å². The lowest BCUT2D eigenvalue weighted by Crippen LogP contribution is -2.39. The van der Waals surface area contributed by atoms with E-state index in [0.29, 0.717) is 36.9 Å². The van der Waals surface area contributed by atoms with Crippen molar-refractivity contribution in [1.29, 1.82) is 0 Å². The van der Waals surface area contributed by atoms with E-state index in [2.05, 4.69) is 10.6 Å². The third-order valence-electron chi connectivity index (χ3n) is 4.61. The number of fused-ring (bicyclic) bond motifs is 1. The first-order valence-electron chi connectivity index (χ1n) is 8.93. The predicted molar refractivity (Wildman–Crippen MR) is 102 cm³/mol. The summed E-state index contributed by atoms with van der Waals surface area (Å²) in [6.45, 7) is 3.47. The van der Waals surface area contributed by atoms with Gasteiger partial charge in [-0.15, -0.1) is 0 Å². The number of nitrogens with one attached hydrogen (secondary N) is 2. The van der Waals surface area contributed by atoms with Gasteiger partial charge in [-0.1, -0.05) is 17.7 Å². The topological polar surface area (TPSA) is 79.9 Å². The Kier molecular flexibility index (Phi) is 4.58. The summed E-state index contributed by atoms with van der Waals surface area (Å²) in [5, 5.41) is 5.64. The molecule has 2 aromatic carbocycles. The Morgan fingerprint density at radius 1 is 1.07 bits per heavy atom. The molecule has 2 aliphatic heterocycles. The van der Waals surface area contributed by atoms with Gasteiger partial charge in [0.1, 0.15) is 13.2 Å². The predicted octanol–water partition coefficient (Wildman–Crippen LogP) is 2.69. The van der Waals surface area contributed by atoms with Gasteiger partial charge in [0.05, 0.1) is 6.04 Å². The minimum absolute atomic E-state index is 0.00322. The van der Waals surface area contributed by atoms with Gasteiger partial charge in [-0.05, 0) is 31.2 Å². The van der Waals surface area contributed by atoms with Crippen LogP contribution in [0.4, 0.5) is 16.2 Å². The maximum Gasteiger partial charge on any atom is 0.319 e. The number of carbonyl (C=O) groups excluding carboxylic acids is 2. The van der Waals surface area contributed by atoms with Crippen molar-refractivity contribution in [2.75, 3.05) is 30.0 Å². The third-order valence-corrected chi connectivity index (χ3v) is 4.61. The lowest BCUT2D eigenvalue weighted by atomic mass is 10.2. The Morgan fingerprint density at radius 2 is 1.81 bits per heavy atom. The van der Waals surface area contributed by atoms with E-state index in [1.807, 2.05) is 31.2 Å². The maximum atomic E-state index is 12.3. The van der Waals surface area contributed by atoms with Crippen LogP contribution in [-0.4, -0.2) is 37.7 Å². The van der Waals surface area contributed by atoms with E-state index in [1.165, 1.54) is 0 Å². The van der Waals surface area contributed by atoms with Gasteiger partial charge >= 0.3 is 6.03 Å². The van der Waals surface area contributed by atoms with Gasteiger partial charge < -0.3 is 25.0 Å². The molecule has 7 nitrogen and oxygen atoms in total. The molecule has 1 saturated heterocycles. The molecule has 2 N–H and O–H groups in total. The van der Waals surface area contributed by atoms with Crippen LogP contribution in [0, 0.1) is 6.92 Å². The Hall–Kier alpha value is -3.22. The number of amides is 3. The second-order valence-electron chi connectivity index (χ2n) is 6.70. The number of hydrogen-bond donors (Lipinski definition) is 2. The molecule has 2 heterocycles. The minimum Gasteiger partial charge on any atom is -0.486 e. The first kappa shape index (κ1) is 17.2. The molecular weight excluding hydrogens is 346 g/mol. The van der Waals surface area contributed by atoms with Crippen LogP contribution in [0.15, 0.2) is 42.5 Å². The summed E-state index contributed by atoms with van der Waals surface area (Å²) in [6.07, 6.45) is 0.280. The van der Waals surface area contributed by atoms with Crippen molar-refractivity contribution in [2.24, 2.45) is 0 Å². The number of benzene rings is 2. The molecule has 0 bridgehead atoms. The van der Waals surface area contributed by atoms with E-state index in [4.69, 9.17) is 9.47 Å². The number of ether oxygens (including phenoxy) is 2.